The van der Waals surface area contributed by atoms with E-state index in [0.29, 0.717) is 5.13 Å². The van der Waals surface area contributed by atoms with Crippen molar-refractivity contribution in [3.05, 3.63) is 40.9 Å². The van der Waals surface area contributed by atoms with Crippen LogP contribution in [0, 0.1) is 18.3 Å². The molecule has 0 spiro atoms. The molecule has 0 bridgehead atoms. The number of nitriles is 1. The minimum Gasteiger partial charge on any atom is -0.255 e. The summed E-state index contributed by atoms with van der Waals surface area (Å²) in [6.07, 6.45) is 1.58. The summed E-state index contributed by atoms with van der Waals surface area (Å²) >= 11 is 1.24. The third-order valence-electron chi connectivity index (χ3n) is 2.14. The van der Waals surface area contributed by atoms with Gasteiger partial charge < -0.3 is 0 Å². The summed E-state index contributed by atoms with van der Waals surface area (Å²) in [5, 5.41) is 9.19. The molecule has 0 amide bonds. The zero-order valence-corrected chi connectivity index (χ0v) is 11.0. The minimum atomic E-state index is -3.77. The molecule has 1 N–H and O–H groups in total. The van der Waals surface area contributed by atoms with E-state index < -0.39 is 10.0 Å². The lowest BCUT2D eigenvalue weighted by atomic mass is 10.2. The highest BCUT2D eigenvalue weighted by Crippen LogP contribution is 2.22. The number of benzene rings is 1. The number of sulfonamides is 1. The highest BCUT2D eigenvalue weighted by atomic mass is 32.2. The number of aromatic nitrogens is 1. The SMILES string of the molecule is Cc1cnc(NS(=O)(=O)c2ccccc2C#N)s1. The van der Waals surface area contributed by atoms with Gasteiger partial charge in [-0.3, -0.25) is 4.72 Å². The van der Waals surface area contributed by atoms with Gasteiger partial charge in [0.2, 0.25) is 0 Å². The van der Waals surface area contributed by atoms with Crippen molar-refractivity contribution in [3.63, 3.8) is 0 Å². The monoisotopic (exact) mass is 279 g/mol. The number of nitrogens with zero attached hydrogens (tertiary/aromatic N) is 2. The normalized spacial score (nSPS) is 10.9. The van der Waals surface area contributed by atoms with Crippen molar-refractivity contribution in [3.8, 4) is 6.07 Å². The maximum absolute atomic E-state index is 12.1. The Bertz CT molecular complexity index is 714. The van der Waals surface area contributed by atoms with Gasteiger partial charge in [-0.25, -0.2) is 13.4 Å². The van der Waals surface area contributed by atoms with Gasteiger partial charge in [0.05, 0.1) is 5.56 Å². The average Bonchev–Trinajstić information content (AvgIpc) is 2.74. The van der Waals surface area contributed by atoms with Gasteiger partial charge in [-0.1, -0.05) is 12.1 Å². The van der Waals surface area contributed by atoms with E-state index >= 15 is 0 Å². The predicted octanol–water partition coefficient (Wildman–Crippen LogP) is 2.12. The summed E-state index contributed by atoms with van der Waals surface area (Å²) in [4.78, 5) is 4.79. The van der Waals surface area contributed by atoms with Gasteiger partial charge in [-0.05, 0) is 19.1 Å². The molecule has 0 atom stereocenters. The van der Waals surface area contributed by atoms with E-state index in [1.165, 1.54) is 23.5 Å². The van der Waals surface area contributed by atoms with Gasteiger partial charge in [-0.15, -0.1) is 11.3 Å². The van der Waals surface area contributed by atoms with Crippen LogP contribution in [0.5, 0.6) is 0 Å². The molecule has 7 heteroatoms. The molecule has 0 radical (unpaired) electrons. The number of thiazole rings is 1. The van der Waals surface area contributed by atoms with Crippen molar-refractivity contribution in [1.82, 2.24) is 4.98 Å². The molecule has 0 aliphatic rings. The highest BCUT2D eigenvalue weighted by molar-refractivity contribution is 7.93. The summed E-state index contributed by atoms with van der Waals surface area (Å²) < 4.78 is 26.5. The molecule has 0 unspecified atom stereocenters. The van der Waals surface area contributed by atoms with Crippen LogP contribution in [0.2, 0.25) is 0 Å². The summed E-state index contributed by atoms with van der Waals surface area (Å²) in [5.41, 5.74) is 0.110. The van der Waals surface area contributed by atoms with E-state index in [4.69, 9.17) is 5.26 Å². The van der Waals surface area contributed by atoms with Crippen LogP contribution in [0.3, 0.4) is 0 Å². The topological polar surface area (TPSA) is 82.8 Å². The van der Waals surface area contributed by atoms with Gasteiger partial charge in [0.15, 0.2) is 5.13 Å². The molecule has 2 rings (SSSR count). The molecule has 0 saturated carbocycles. The molecule has 2 aromatic rings. The maximum atomic E-state index is 12.1. The fourth-order valence-electron chi connectivity index (χ4n) is 1.37. The zero-order valence-electron chi connectivity index (χ0n) is 9.41. The number of anilines is 1. The first-order chi connectivity index (χ1) is 8.53. The Balaban J connectivity index is 2.40. The highest BCUT2D eigenvalue weighted by Gasteiger charge is 2.19. The Morgan fingerprint density at radius 3 is 2.72 bits per heavy atom. The first-order valence-electron chi connectivity index (χ1n) is 4.97. The number of hydrogen-bond donors (Lipinski definition) is 1. The fraction of sp³-hybridized carbons (Fsp3) is 0.0909. The van der Waals surface area contributed by atoms with E-state index in [0.717, 1.165) is 4.88 Å². The number of rotatable bonds is 3. The molecule has 0 saturated heterocycles. The van der Waals surface area contributed by atoms with E-state index in [9.17, 15) is 8.42 Å². The van der Waals surface area contributed by atoms with Crippen LogP contribution >= 0.6 is 11.3 Å². The first-order valence-corrected chi connectivity index (χ1v) is 7.27. The van der Waals surface area contributed by atoms with Crippen LogP contribution in [0.1, 0.15) is 10.4 Å². The Morgan fingerprint density at radius 1 is 1.39 bits per heavy atom. The summed E-state index contributed by atoms with van der Waals surface area (Å²) in [6, 6.07) is 7.89. The van der Waals surface area contributed by atoms with Crippen molar-refractivity contribution in [2.75, 3.05) is 4.72 Å². The minimum absolute atomic E-state index is 0.0413. The Labute approximate surface area is 109 Å². The molecular formula is C11H9N3O2S2. The second-order valence-electron chi connectivity index (χ2n) is 3.49. The molecule has 92 valence electrons. The molecule has 5 nitrogen and oxygen atoms in total. The second kappa shape index (κ2) is 4.76. The van der Waals surface area contributed by atoms with Crippen molar-refractivity contribution in [2.45, 2.75) is 11.8 Å². The summed E-state index contributed by atoms with van der Waals surface area (Å²) in [7, 11) is -3.77. The predicted molar refractivity (Wildman–Crippen MR) is 68.8 cm³/mol. The number of aryl methyl sites for hydroxylation is 1. The molecule has 0 fully saturated rings. The Kier molecular flexibility index (Phi) is 3.32. The average molecular weight is 279 g/mol. The smallest absolute Gasteiger partial charge is 0.255 e. The van der Waals surface area contributed by atoms with Crippen LogP contribution in [0.25, 0.3) is 0 Å². The van der Waals surface area contributed by atoms with Crippen molar-refractivity contribution >= 4 is 26.5 Å². The standard InChI is InChI=1S/C11H9N3O2S2/c1-8-7-13-11(17-8)14-18(15,16)10-5-3-2-4-9(10)6-12/h2-5,7H,1H3,(H,13,14). The molecule has 0 aliphatic heterocycles. The fourth-order valence-corrected chi connectivity index (χ4v) is 3.43. The molecule has 1 aromatic heterocycles. The molecule has 0 aliphatic carbocycles. The van der Waals surface area contributed by atoms with Crippen molar-refractivity contribution in [1.29, 1.82) is 5.26 Å². The molecule has 1 heterocycles. The van der Waals surface area contributed by atoms with Crippen molar-refractivity contribution < 1.29 is 8.42 Å². The van der Waals surface area contributed by atoms with Crippen molar-refractivity contribution in [2.24, 2.45) is 0 Å². The van der Waals surface area contributed by atoms with Crippen LogP contribution in [0.4, 0.5) is 5.13 Å². The second-order valence-corrected chi connectivity index (χ2v) is 6.38. The lowest BCUT2D eigenvalue weighted by Gasteiger charge is -2.06. The van der Waals surface area contributed by atoms with E-state index in [1.54, 1.807) is 18.3 Å². The van der Waals surface area contributed by atoms with E-state index in [2.05, 4.69) is 9.71 Å². The molecular weight excluding hydrogens is 270 g/mol. The van der Waals surface area contributed by atoms with Crippen LogP contribution in [-0.2, 0) is 10.0 Å². The summed E-state index contributed by atoms with van der Waals surface area (Å²) in [6.45, 7) is 1.83. The van der Waals surface area contributed by atoms with E-state index in [-0.39, 0.29) is 10.5 Å². The van der Waals surface area contributed by atoms with Gasteiger partial charge in [0.25, 0.3) is 10.0 Å². The number of nitrogens with one attached hydrogen (secondary N) is 1. The number of hydrogen-bond acceptors (Lipinski definition) is 5. The third kappa shape index (κ3) is 2.50. The van der Waals surface area contributed by atoms with Gasteiger partial charge in [0, 0.05) is 11.1 Å². The zero-order chi connectivity index (χ0) is 13.2. The van der Waals surface area contributed by atoms with Gasteiger partial charge in [-0.2, -0.15) is 5.26 Å². The molecule has 18 heavy (non-hydrogen) atoms. The van der Waals surface area contributed by atoms with Gasteiger partial charge >= 0.3 is 0 Å². The first kappa shape index (κ1) is 12.5. The Hall–Kier alpha value is -1.91. The van der Waals surface area contributed by atoms with Crippen LogP contribution < -0.4 is 4.72 Å². The Morgan fingerprint density at radius 2 is 2.11 bits per heavy atom. The van der Waals surface area contributed by atoms with Crippen LogP contribution in [-0.4, -0.2) is 13.4 Å². The molecule has 1 aromatic carbocycles. The summed E-state index contributed by atoms with van der Waals surface area (Å²) in [5.74, 6) is 0. The maximum Gasteiger partial charge on any atom is 0.264 e. The van der Waals surface area contributed by atoms with E-state index in [1.807, 2.05) is 13.0 Å². The van der Waals surface area contributed by atoms with Crippen LogP contribution in [0.15, 0.2) is 35.4 Å². The third-order valence-corrected chi connectivity index (χ3v) is 4.49. The van der Waals surface area contributed by atoms with Gasteiger partial charge in [0.1, 0.15) is 11.0 Å². The lowest BCUT2D eigenvalue weighted by molar-refractivity contribution is 0.601. The quantitative estimate of drug-likeness (QED) is 0.932. The largest absolute Gasteiger partial charge is 0.264 e. The lowest BCUT2D eigenvalue weighted by Crippen LogP contribution is -2.14.